The van der Waals surface area contributed by atoms with E-state index in [0.717, 1.165) is 17.0 Å². The van der Waals surface area contributed by atoms with Crippen molar-refractivity contribution in [3.63, 3.8) is 0 Å². The molecular formula is C27H27Cl2N3O5. The number of methoxy groups -OCH3 is 1. The van der Waals surface area contributed by atoms with Gasteiger partial charge in [0.1, 0.15) is 12.4 Å². The maximum absolute atomic E-state index is 12.8. The predicted molar refractivity (Wildman–Crippen MR) is 144 cm³/mol. The summed E-state index contributed by atoms with van der Waals surface area (Å²) in [6.07, 6.45) is 0.113. The van der Waals surface area contributed by atoms with Crippen molar-refractivity contribution in [2.45, 2.75) is 20.0 Å². The second-order valence-corrected chi connectivity index (χ2v) is 9.19. The first-order valence-corrected chi connectivity index (χ1v) is 12.5. The SMILES string of the molecule is CCOc1ccc(N2C[C@@H](C(=O)NNc3cc(Cl)c(OCc4ccc(Cl)cc4)c(OC)c3)CC2=O)cc1. The topological polar surface area (TPSA) is 89.1 Å². The normalized spacial score (nSPS) is 14.9. The van der Waals surface area contributed by atoms with Crippen LogP contribution in [0.2, 0.25) is 10.0 Å². The molecule has 1 saturated heterocycles. The number of carbonyl (C=O) groups is 2. The maximum Gasteiger partial charge on any atom is 0.243 e. The summed E-state index contributed by atoms with van der Waals surface area (Å²) in [5.41, 5.74) is 7.66. The van der Waals surface area contributed by atoms with Crippen LogP contribution in [0.5, 0.6) is 17.2 Å². The lowest BCUT2D eigenvalue weighted by molar-refractivity contribution is -0.125. The highest BCUT2D eigenvalue weighted by Gasteiger charge is 2.35. The van der Waals surface area contributed by atoms with Gasteiger partial charge in [0.05, 0.1) is 30.3 Å². The molecule has 10 heteroatoms. The number of carbonyl (C=O) groups excluding carboxylic acids is 2. The molecule has 0 radical (unpaired) electrons. The van der Waals surface area contributed by atoms with Gasteiger partial charge in [-0.25, -0.2) is 0 Å². The lowest BCUT2D eigenvalue weighted by atomic mass is 10.1. The van der Waals surface area contributed by atoms with E-state index in [4.69, 9.17) is 37.4 Å². The van der Waals surface area contributed by atoms with E-state index in [2.05, 4.69) is 10.9 Å². The summed E-state index contributed by atoms with van der Waals surface area (Å²) in [7, 11) is 1.50. The first-order valence-electron chi connectivity index (χ1n) is 11.7. The van der Waals surface area contributed by atoms with Crippen molar-refractivity contribution in [3.05, 3.63) is 76.3 Å². The molecular weight excluding hydrogens is 517 g/mol. The van der Waals surface area contributed by atoms with E-state index in [1.165, 1.54) is 7.11 Å². The van der Waals surface area contributed by atoms with Gasteiger partial charge < -0.3 is 19.1 Å². The molecule has 0 aliphatic carbocycles. The summed E-state index contributed by atoms with van der Waals surface area (Å²) >= 11 is 12.4. The van der Waals surface area contributed by atoms with Crippen LogP contribution in [-0.4, -0.2) is 32.1 Å². The van der Waals surface area contributed by atoms with Crippen LogP contribution in [0.4, 0.5) is 11.4 Å². The molecule has 0 spiro atoms. The van der Waals surface area contributed by atoms with E-state index in [-0.39, 0.29) is 31.4 Å². The average Bonchev–Trinajstić information content (AvgIpc) is 3.29. The number of nitrogens with zero attached hydrogens (tertiary/aromatic N) is 1. The van der Waals surface area contributed by atoms with Crippen molar-refractivity contribution < 1.29 is 23.8 Å². The van der Waals surface area contributed by atoms with Gasteiger partial charge >= 0.3 is 0 Å². The van der Waals surface area contributed by atoms with Gasteiger partial charge in [0, 0.05) is 29.7 Å². The summed E-state index contributed by atoms with van der Waals surface area (Å²) < 4.78 is 16.8. The fourth-order valence-electron chi connectivity index (χ4n) is 3.93. The van der Waals surface area contributed by atoms with Crippen LogP contribution in [0, 0.1) is 5.92 Å². The Hall–Kier alpha value is -3.62. The Balaban J connectivity index is 1.35. The van der Waals surface area contributed by atoms with Crippen LogP contribution in [0.25, 0.3) is 0 Å². The van der Waals surface area contributed by atoms with Crippen LogP contribution in [0.15, 0.2) is 60.7 Å². The van der Waals surface area contributed by atoms with Crippen LogP contribution in [0.1, 0.15) is 18.9 Å². The van der Waals surface area contributed by atoms with Crippen molar-refractivity contribution in [2.75, 3.05) is 30.6 Å². The van der Waals surface area contributed by atoms with Crippen LogP contribution < -0.4 is 30.0 Å². The summed E-state index contributed by atoms with van der Waals surface area (Å²) in [5.74, 6) is 0.577. The molecule has 4 rings (SSSR count). The monoisotopic (exact) mass is 543 g/mol. The molecule has 2 N–H and O–H groups in total. The molecule has 0 bridgehead atoms. The molecule has 1 aliphatic rings. The first kappa shape index (κ1) is 26.4. The summed E-state index contributed by atoms with van der Waals surface area (Å²) in [6, 6.07) is 17.8. The Morgan fingerprint density at radius 3 is 2.46 bits per heavy atom. The average molecular weight is 544 g/mol. The number of nitrogens with one attached hydrogen (secondary N) is 2. The third kappa shape index (κ3) is 6.58. The van der Waals surface area contributed by atoms with Crippen molar-refractivity contribution >= 4 is 46.4 Å². The van der Waals surface area contributed by atoms with Crippen molar-refractivity contribution in [3.8, 4) is 17.2 Å². The number of hydrazine groups is 1. The standard InChI is InChI=1S/C27H27Cl2N3O5/c1-3-36-22-10-8-21(9-11-22)32-15-18(12-25(32)33)27(34)31-30-20-13-23(29)26(24(14-20)35-2)37-16-17-4-6-19(28)7-5-17/h4-11,13-14,18,30H,3,12,15-16H2,1-2H3,(H,31,34)/t18-/m0/s1. The van der Waals surface area contributed by atoms with E-state index < -0.39 is 5.92 Å². The number of anilines is 2. The number of hydrogen-bond acceptors (Lipinski definition) is 6. The van der Waals surface area contributed by atoms with Gasteiger partial charge in [0.15, 0.2) is 11.5 Å². The van der Waals surface area contributed by atoms with Gasteiger partial charge in [-0.05, 0) is 55.0 Å². The lowest BCUT2D eigenvalue weighted by Crippen LogP contribution is -2.36. The van der Waals surface area contributed by atoms with Gasteiger partial charge in [-0.2, -0.15) is 0 Å². The highest BCUT2D eigenvalue weighted by Crippen LogP contribution is 2.38. The summed E-state index contributed by atoms with van der Waals surface area (Å²) in [4.78, 5) is 27.0. The second-order valence-electron chi connectivity index (χ2n) is 8.35. The van der Waals surface area contributed by atoms with Crippen LogP contribution in [-0.2, 0) is 16.2 Å². The second kappa shape index (κ2) is 12.1. The lowest BCUT2D eigenvalue weighted by Gasteiger charge is -2.18. The quantitative estimate of drug-likeness (QED) is 0.329. The number of rotatable bonds is 10. The highest BCUT2D eigenvalue weighted by atomic mass is 35.5. The van der Waals surface area contributed by atoms with E-state index >= 15 is 0 Å². The zero-order valence-electron chi connectivity index (χ0n) is 20.4. The Kier molecular flexibility index (Phi) is 8.63. The van der Waals surface area contributed by atoms with Gasteiger partial charge in [0.2, 0.25) is 11.8 Å². The Labute approximate surface area is 225 Å². The van der Waals surface area contributed by atoms with E-state index in [0.29, 0.717) is 33.8 Å². The van der Waals surface area contributed by atoms with E-state index in [1.807, 2.05) is 31.2 Å². The molecule has 3 aromatic carbocycles. The molecule has 0 unspecified atom stereocenters. The van der Waals surface area contributed by atoms with E-state index in [1.54, 1.807) is 41.3 Å². The van der Waals surface area contributed by atoms with Crippen LogP contribution >= 0.6 is 23.2 Å². The third-order valence-electron chi connectivity index (χ3n) is 5.81. The van der Waals surface area contributed by atoms with Crippen molar-refractivity contribution in [1.29, 1.82) is 0 Å². The third-order valence-corrected chi connectivity index (χ3v) is 6.34. The molecule has 1 fully saturated rings. The Bertz CT molecular complexity index is 1250. The fraction of sp³-hybridized carbons (Fsp3) is 0.259. The minimum atomic E-state index is -0.508. The molecule has 1 heterocycles. The number of amides is 2. The fourth-order valence-corrected chi connectivity index (χ4v) is 4.32. The van der Waals surface area contributed by atoms with Gasteiger partial charge in [0.25, 0.3) is 0 Å². The zero-order valence-corrected chi connectivity index (χ0v) is 21.9. The molecule has 8 nitrogen and oxygen atoms in total. The molecule has 1 aliphatic heterocycles. The van der Waals surface area contributed by atoms with Gasteiger partial charge in [-0.15, -0.1) is 0 Å². The summed E-state index contributed by atoms with van der Waals surface area (Å²) in [6.45, 7) is 3.02. The number of ether oxygens (including phenoxy) is 3. The Morgan fingerprint density at radius 2 is 1.78 bits per heavy atom. The summed E-state index contributed by atoms with van der Waals surface area (Å²) in [5, 5.41) is 0.950. The minimum Gasteiger partial charge on any atom is -0.494 e. The van der Waals surface area contributed by atoms with Gasteiger partial charge in [-0.1, -0.05) is 35.3 Å². The number of benzene rings is 3. The van der Waals surface area contributed by atoms with Crippen molar-refractivity contribution in [2.24, 2.45) is 5.92 Å². The van der Waals surface area contributed by atoms with Crippen molar-refractivity contribution in [1.82, 2.24) is 5.43 Å². The smallest absolute Gasteiger partial charge is 0.243 e. The van der Waals surface area contributed by atoms with Crippen LogP contribution in [0.3, 0.4) is 0 Å². The molecule has 2 amide bonds. The Morgan fingerprint density at radius 1 is 1.05 bits per heavy atom. The maximum atomic E-state index is 12.8. The highest BCUT2D eigenvalue weighted by molar-refractivity contribution is 6.32. The molecule has 0 saturated carbocycles. The predicted octanol–water partition coefficient (Wildman–Crippen LogP) is 5.48. The molecule has 1 atom stereocenters. The van der Waals surface area contributed by atoms with Gasteiger partial charge in [-0.3, -0.25) is 20.4 Å². The number of hydrogen-bond donors (Lipinski definition) is 2. The number of halogens is 2. The largest absolute Gasteiger partial charge is 0.494 e. The molecule has 0 aromatic heterocycles. The minimum absolute atomic E-state index is 0.113. The molecule has 194 valence electrons. The molecule has 3 aromatic rings. The molecule has 37 heavy (non-hydrogen) atoms. The zero-order chi connectivity index (χ0) is 26.4. The van der Waals surface area contributed by atoms with E-state index in [9.17, 15) is 9.59 Å². The first-order chi connectivity index (χ1) is 17.9.